The van der Waals surface area contributed by atoms with Crippen molar-refractivity contribution in [1.29, 1.82) is 0 Å². The molecular formula is C17H24N4O2S. The van der Waals surface area contributed by atoms with E-state index in [1.807, 2.05) is 22.4 Å². The molecule has 0 aliphatic carbocycles. The lowest BCUT2D eigenvalue weighted by Gasteiger charge is -2.35. The number of hydrogen-bond acceptors (Lipinski definition) is 6. The molecule has 1 saturated heterocycles. The largest absolute Gasteiger partial charge is 0.340 e. The Bertz CT molecular complexity index is 667. The summed E-state index contributed by atoms with van der Waals surface area (Å²) in [6.45, 7) is 10.1. The van der Waals surface area contributed by atoms with Crippen molar-refractivity contribution in [3.05, 3.63) is 23.4 Å². The standard InChI is InChI=1S/C17H24N4O2S/c1-17(2,3)11-15(22)21-8-6-20(7-9-21)12-14-18-16(19-23-14)13-5-4-10-24-13/h4-5,10H,6-9,11-12H2,1-3H3. The molecule has 0 N–H and O–H groups in total. The maximum atomic E-state index is 12.3. The zero-order chi connectivity index (χ0) is 17.2. The lowest BCUT2D eigenvalue weighted by atomic mass is 9.91. The van der Waals surface area contributed by atoms with Crippen LogP contribution < -0.4 is 0 Å². The molecule has 24 heavy (non-hydrogen) atoms. The van der Waals surface area contributed by atoms with E-state index in [1.165, 1.54) is 0 Å². The van der Waals surface area contributed by atoms with Gasteiger partial charge in [-0.05, 0) is 16.9 Å². The summed E-state index contributed by atoms with van der Waals surface area (Å²) < 4.78 is 5.35. The number of hydrogen-bond donors (Lipinski definition) is 0. The molecule has 1 fully saturated rings. The number of aromatic nitrogens is 2. The molecule has 2 aromatic heterocycles. The zero-order valence-electron chi connectivity index (χ0n) is 14.5. The normalized spacial score (nSPS) is 16.5. The van der Waals surface area contributed by atoms with E-state index >= 15 is 0 Å². The van der Waals surface area contributed by atoms with Gasteiger partial charge in [0, 0.05) is 32.6 Å². The van der Waals surface area contributed by atoms with Gasteiger partial charge in [-0.15, -0.1) is 11.3 Å². The Balaban J connectivity index is 1.50. The molecule has 0 spiro atoms. The zero-order valence-corrected chi connectivity index (χ0v) is 15.3. The van der Waals surface area contributed by atoms with E-state index in [0.29, 0.717) is 24.7 Å². The molecule has 3 rings (SSSR count). The Kier molecular flexibility index (Phi) is 5.01. The highest BCUT2D eigenvalue weighted by atomic mass is 32.1. The third-order valence-electron chi connectivity index (χ3n) is 3.98. The first-order valence-corrected chi connectivity index (χ1v) is 9.15. The fourth-order valence-corrected chi connectivity index (χ4v) is 3.39. The summed E-state index contributed by atoms with van der Waals surface area (Å²) in [4.78, 5) is 22.0. The van der Waals surface area contributed by atoms with Crippen LogP contribution >= 0.6 is 11.3 Å². The minimum atomic E-state index is 0.0379. The van der Waals surface area contributed by atoms with Crippen molar-refractivity contribution >= 4 is 17.2 Å². The summed E-state index contributed by atoms with van der Waals surface area (Å²) in [5.74, 6) is 1.53. The second-order valence-electron chi connectivity index (χ2n) is 7.38. The molecule has 0 unspecified atom stereocenters. The van der Waals surface area contributed by atoms with Gasteiger partial charge >= 0.3 is 0 Å². The van der Waals surface area contributed by atoms with Crippen LogP contribution in [0.15, 0.2) is 22.0 Å². The molecule has 2 aromatic rings. The first-order chi connectivity index (χ1) is 11.4. The first kappa shape index (κ1) is 17.1. The number of nitrogens with zero attached hydrogens (tertiary/aromatic N) is 4. The Morgan fingerprint density at radius 1 is 1.29 bits per heavy atom. The minimum absolute atomic E-state index is 0.0379. The predicted octanol–water partition coefficient (Wildman–Crippen LogP) is 2.88. The lowest BCUT2D eigenvalue weighted by Crippen LogP contribution is -2.48. The molecule has 1 aliphatic heterocycles. The minimum Gasteiger partial charge on any atom is -0.340 e. The van der Waals surface area contributed by atoms with Gasteiger partial charge in [0.2, 0.25) is 17.6 Å². The molecule has 0 atom stereocenters. The molecule has 6 nitrogen and oxygen atoms in total. The maximum absolute atomic E-state index is 12.3. The van der Waals surface area contributed by atoms with Gasteiger partial charge in [-0.2, -0.15) is 4.98 Å². The fraction of sp³-hybridized carbons (Fsp3) is 0.588. The van der Waals surface area contributed by atoms with E-state index in [-0.39, 0.29) is 11.3 Å². The molecule has 0 radical (unpaired) electrons. The van der Waals surface area contributed by atoms with Crippen LogP contribution in [0.3, 0.4) is 0 Å². The van der Waals surface area contributed by atoms with Gasteiger partial charge in [0.15, 0.2) is 0 Å². The topological polar surface area (TPSA) is 62.5 Å². The highest BCUT2D eigenvalue weighted by Gasteiger charge is 2.25. The molecule has 0 saturated carbocycles. The predicted molar refractivity (Wildman–Crippen MR) is 93.5 cm³/mol. The van der Waals surface area contributed by atoms with Crippen molar-refractivity contribution < 1.29 is 9.32 Å². The van der Waals surface area contributed by atoms with E-state index in [9.17, 15) is 4.79 Å². The van der Waals surface area contributed by atoms with Crippen LogP contribution in [0.4, 0.5) is 0 Å². The third-order valence-corrected chi connectivity index (χ3v) is 4.84. The monoisotopic (exact) mass is 348 g/mol. The molecule has 0 bridgehead atoms. The number of piperazine rings is 1. The van der Waals surface area contributed by atoms with Crippen LogP contribution in [0.5, 0.6) is 0 Å². The summed E-state index contributed by atoms with van der Waals surface area (Å²) in [5.41, 5.74) is 0.0379. The van der Waals surface area contributed by atoms with Crippen LogP contribution in [0.1, 0.15) is 33.1 Å². The smallest absolute Gasteiger partial charge is 0.241 e. The van der Waals surface area contributed by atoms with Crippen molar-refractivity contribution in [3.8, 4) is 10.7 Å². The van der Waals surface area contributed by atoms with Gasteiger partial charge < -0.3 is 9.42 Å². The average Bonchev–Trinajstić information content (AvgIpc) is 3.16. The summed E-state index contributed by atoms with van der Waals surface area (Å²) in [6, 6.07) is 3.96. The van der Waals surface area contributed by atoms with E-state index in [1.54, 1.807) is 11.3 Å². The lowest BCUT2D eigenvalue weighted by molar-refractivity contribution is -0.134. The highest BCUT2D eigenvalue weighted by Crippen LogP contribution is 2.22. The Hall–Kier alpha value is -1.73. The van der Waals surface area contributed by atoms with Gasteiger partial charge in [-0.25, -0.2) is 0 Å². The van der Waals surface area contributed by atoms with Crippen LogP contribution in [0, 0.1) is 5.41 Å². The summed E-state index contributed by atoms with van der Waals surface area (Å²) in [7, 11) is 0. The van der Waals surface area contributed by atoms with Crippen molar-refractivity contribution in [2.75, 3.05) is 26.2 Å². The van der Waals surface area contributed by atoms with Gasteiger partial charge in [-0.1, -0.05) is 32.0 Å². The van der Waals surface area contributed by atoms with Crippen LogP contribution in [0.25, 0.3) is 10.7 Å². The van der Waals surface area contributed by atoms with Crippen molar-refractivity contribution in [2.24, 2.45) is 5.41 Å². The van der Waals surface area contributed by atoms with Crippen LogP contribution in [-0.2, 0) is 11.3 Å². The molecule has 1 aliphatic rings. The molecular weight excluding hydrogens is 324 g/mol. The number of amides is 1. The number of thiophene rings is 1. The third kappa shape index (κ3) is 4.42. The second kappa shape index (κ2) is 7.03. The van der Waals surface area contributed by atoms with Gasteiger partial charge in [0.05, 0.1) is 11.4 Å². The summed E-state index contributed by atoms with van der Waals surface area (Å²) in [6.07, 6.45) is 0.598. The maximum Gasteiger partial charge on any atom is 0.241 e. The van der Waals surface area contributed by atoms with E-state index in [4.69, 9.17) is 4.52 Å². The Morgan fingerprint density at radius 3 is 2.67 bits per heavy atom. The summed E-state index contributed by atoms with van der Waals surface area (Å²) >= 11 is 1.60. The number of rotatable bonds is 4. The second-order valence-corrected chi connectivity index (χ2v) is 8.33. The molecule has 3 heterocycles. The Labute approximate surface area is 146 Å². The van der Waals surface area contributed by atoms with Gasteiger partial charge in [0.1, 0.15) is 0 Å². The van der Waals surface area contributed by atoms with Gasteiger partial charge in [0.25, 0.3) is 0 Å². The number of carbonyl (C=O) groups is 1. The van der Waals surface area contributed by atoms with Crippen LogP contribution in [0.2, 0.25) is 0 Å². The van der Waals surface area contributed by atoms with Crippen molar-refractivity contribution in [1.82, 2.24) is 19.9 Å². The molecule has 130 valence electrons. The molecule has 0 aromatic carbocycles. The quantitative estimate of drug-likeness (QED) is 0.850. The van der Waals surface area contributed by atoms with Gasteiger partial charge in [-0.3, -0.25) is 9.69 Å². The van der Waals surface area contributed by atoms with Crippen molar-refractivity contribution in [3.63, 3.8) is 0 Å². The van der Waals surface area contributed by atoms with Crippen LogP contribution in [-0.4, -0.2) is 52.0 Å². The van der Waals surface area contributed by atoms with E-state index in [2.05, 4.69) is 35.8 Å². The molecule has 1 amide bonds. The first-order valence-electron chi connectivity index (χ1n) is 8.27. The SMILES string of the molecule is CC(C)(C)CC(=O)N1CCN(Cc2nc(-c3cccs3)no2)CC1. The Morgan fingerprint density at radius 2 is 2.04 bits per heavy atom. The van der Waals surface area contributed by atoms with Crippen molar-refractivity contribution in [2.45, 2.75) is 33.7 Å². The fourth-order valence-electron chi connectivity index (χ4n) is 2.74. The summed E-state index contributed by atoms with van der Waals surface area (Å²) in [5, 5.41) is 6.04. The van der Waals surface area contributed by atoms with E-state index in [0.717, 1.165) is 31.1 Å². The number of carbonyl (C=O) groups excluding carboxylic acids is 1. The average molecular weight is 348 g/mol. The molecule has 7 heteroatoms. The highest BCUT2D eigenvalue weighted by molar-refractivity contribution is 7.13. The van der Waals surface area contributed by atoms with E-state index < -0.39 is 0 Å².